The highest BCUT2D eigenvalue weighted by molar-refractivity contribution is 6.11. The molecule has 6 nitrogen and oxygen atoms in total. The number of hydrogen-bond donors (Lipinski definition) is 3. The summed E-state index contributed by atoms with van der Waals surface area (Å²) in [6, 6.07) is 0. The summed E-state index contributed by atoms with van der Waals surface area (Å²) in [4.78, 5) is 35.8. The van der Waals surface area contributed by atoms with Crippen LogP contribution in [0, 0.1) is 5.92 Å². The Morgan fingerprint density at radius 2 is 1.70 bits per heavy atom. The number of rotatable bonds is 11. The molecule has 0 saturated carbocycles. The van der Waals surface area contributed by atoms with E-state index in [1.807, 2.05) is 6.92 Å². The van der Waals surface area contributed by atoms with Gasteiger partial charge in [-0.2, -0.15) is 0 Å². The van der Waals surface area contributed by atoms with Crippen molar-refractivity contribution in [1.82, 2.24) is 0 Å². The first-order chi connectivity index (χ1) is 9.35. The van der Waals surface area contributed by atoms with E-state index in [0.717, 1.165) is 0 Å². The maximum atomic E-state index is 12.2. The average Bonchev–Trinajstić information content (AvgIpc) is 2.39. The second kappa shape index (κ2) is 8.81. The molecule has 0 aromatic rings. The standard InChI is InChI=1S/C14H26N2O4/c1-3-6-11(17)10(8-5-9-15)14(16,13(19)20)12(18)7-4-2/h10H,3-9,15-16H2,1-2H3,(H,19,20). The number of Topliss-reactive ketones (excluding diaryl/α,β-unsaturated/α-hetero) is 2. The van der Waals surface area contributed by atoms with Crippen LogP contribution in [0.2, 0.25) is 0 Å². The largest absolute Gasteiger partial charge is 0.480 e. The minimum absolute atomic E-state index is 0.0569. The van der Waals surface area contributed by atoms with Gasteiger partial charge in [0.15, 0.2) is 11.3 Å². The second-order valence-corrected chi connectivity index (χ2v) is 5.05. The van der Waals surface area contributed by atoms with Crippen molar-refractivity contribution in [2.24, 2.45) is 17.4 Å². The van der Waals surface area contributed by atoms with Crippen LogP contribution in [0.3, 0.4) is 0 Å². The summed E-state index contributed by atoms with van der Waals surface area (Å²) in [5, 5.41) is 9.39. The van der Waals surface area contributed by atoms with Crippen LogP contribution in [0.25, 0.3) is 0 Å². The first-order valence-corrected chi connectivity index (χ1v) is 7.14. The Morgan fingerprint density at radius 1 is 1.15 bits per heavy atom. The smallest absolute Gasteiger partial charge is 0.332 e. The van der Waals surface area contributed by atoms with Crippen LogP contribution < -0.4 is 11.5 Å². The maximum Gasteiger partial charge on any atom is 0.332 e. The zero-order valence-electron chi connectivity index (χ0n) is 12.4. The average molecular weight is 286 g/mol. The van der Waals surface area contributed by atoms with Crippen molar-refractivity contribution in [1.29, 1.82) is 0 Å². The lowest BCUT2D eigenvalue weighted by Gasteiger charge is -2.31. The Kier molecular flexibility index (Phi) is 8.25. The SMILES string of the molecule is CCCC(=O)C(CCCN)C(N)(C(=O)O)C(=O)CCC. The number of hydrogen-bond acceptors (Lipinski definition) is 5. The van der Waals surface area contributed by atoms with E-state index in [1.54, 1.807) is 6.92 Å². The third kappa shape index (κ3) is 4.38. The molecule has 0 bridgehead atoms. The lowest BCUT2D eigenvalue weighted by Crippen LogP contribution is -2.62. The first kappa shape index (κ1) is 18.7. The Bertz CT molecular complexity index is 357. The van der Waals surface area contributed by atoms with E-state index in [2.05, 4.69) is 0 Å². The molecule has 0 heterocycles. The van der Waals surface area contributed by atoms with Gasteiger partial charge in [-0.3, -0.25) is 9.59 Å². The summed E-state index contributed by atoms with van der Waals surface area (Å²) in [6.07, 6.45) is 2.06. The molecule has 6 heteroatoms. The zero-order chi connectivity index (χ0) is 15.8. The van der Waals surface area contributed by atoms with E-state index < -0.39 is 23.2 Å². The van der Waals surface area contributed by atoms with E-state index in [9.17, 15) is 19.5 Å². The molecule has 0 radical (unpaired) electrons. The lowest BCUT2D eigenvalue weighted by atomic mass is 9.74. The molecule has 0 rings (SSSR count). The highest BCUT2D eigenvalue weighted by Gasteiger charge is 2.50. The number of ketones is 2. The van der Waals surface area contributed by atoms with Gasteiger partial charge in [-0.15, -0.1) is 0 Å². The maximum absolute atomic E-state index is 12.2. The number of carboxylic acid groups (broad SMARTS) is 1. The third-order valence-corrected chi connectivity index (χ3v) is 3.42. The predicted molar refractivity (Wildman–Crippen MR) is 76.2 cm³/mol. The summed E-state index contributed by atoms with van der Waals surface area (Å²) >= 11 is 0. The molecule has 0 aliphatic rings. The monoisotopic (exact) mass is 286 g/mol. The minimum Gasteiger partial charge on any atom is -0.480 e. The molecule has 0 aromatic heterocycles. The van der Waals surface area contributed by atoms with Crippen molar-refractivity contribution in [3.63, 3.8) is 0 Å². The molecule has 0 spiro atoms. The van der Waals surface area contributed by atoms with Gasteiger partial charge in [-0.1, -0.05) is 13.8 Å². The Morgan fingerprint density at radius 3 is 2.10 bits per heavy atom. The topological polar surface area (TPSA) is 123 Å². The highest BCUT2D eigenvalue weighted by Crippen LogP contribution is 2.26. The predicted octanol–water partition coefficient (Wildman–Crippen LogP) is 0.862. The first-order valence-electron chi connectivity index (χ1n) is 7.14. The summed E-state index contributed by atoms with van der Waals surface area (Å²) in [7, 11) is 0. The van der Waals surface area contributed by atoms with Crippen LogP contribution in [0.5, 0.6) is 0 Å². The molecule has 116 valence electrons. The molecule has 2 unspecified atom stereocenters. The summed E-state index contributed by atoms with van der Waals surface area (Å²) in [5.41, 5.74) is 9.17. The Labute approximate surface area is 119 Å². The lowest BCUT2D eigenvalue weighted by molar-refractivity contribution is -0.154. The second-order valence-electron chi connectivity index (χ2n) is 5.05. The van der Waals surface area contributed by atoms with Crippen LogP contribution in [-0.4, -0.2) is 34.7 Å². The molecule has 0 fully saturated rings. The fraction of sp³-hybridized carbons (Fsp3) is 0.786. The number of nitrogens with two attached hydrogens (primary N) is 2. The molecule has 20 heavy (non-hydrogen) atoms. The minimum atomic E-state index is -2.13. The van der Waals surface area contributed by atoms with Gasteiger partial charge in [0.05, 0.1) is 5.92 Å². The van der Waals surface area contributed by atoms with Crippen LogP contribution in [0.1, 0.15) is 52.4 Å². The highest BCUT2D eigenvalue weighted by atomic mass is 16.4. The molecular formula is C14H26N2O4. The fourth-order valence-electron chi connectivity index (χ4n) is 2.28. The van der Waals surface area contributed by atoms with E-state index in [-0.39, 0.29) is 25.0 Å². The Hall–Kier alpha value is -1.27. The number of aliphatic carboxylic acids is 1. The van der Waals surface area contributed by atoms with Crippen molar-refractivity contribution in [3.8, 4) is 0 Å². The molecule has 0 amide bonds. The van der Waals surface area contributed by atoms with Crippen molar-refractivity contribution >= 4 is 17.5 Å². The molecule has 0 aromatic carbocycles. The quantitative estimate of drug-likeness (QED) is 0.484. The normalized spacial score (nSPS) is 15.4. The van der Waals surface area contributed by atoms with Crippen molar-refractivity contribution in [2.45, 2.75) is 57.9 Å². The third-order valence-electron chi connectivity index (χ3n) is 3.42. The molecule has 2 atom stereocenters. The number of carboxylic acids is 1. The van der Waals surface area contributed by atoms with Gasteiger partial charge < -0.3 is 16.6 Å². The van der Waals surface area contributed by atoms with Gasteiger partial charge in [0.25, 0.3) is 0 Å². The molecule has 5 N–H and O–H groups in total. The molecule has 0 aliphatic carbocycles. The number of carbonyl (C=O) groups excluding carboxylic acids is 2. The zero-order valence-corrected chi connectivity index (χ0v) is 12.4. The van der Waals surface area contributed by atoms with Crippen LogP contribution >= 0.6 is 0 Å². The molecule has 0 saturated heterocycles. The molecule has 0 aliphatic heterocycles. The van der Waals surface area contributed by atoms with Crippen molar-refractivity contribution in [3.05, 3.63) is 0 Å². The van der Waals surface area contributed by atoms with Crippen LogP contribution in [-0.2, 0) is 14.4 Å². The summed E-state index contributed by atoms with van der Waals surface area (Å²) < 4.78 is 0. The van der Waals surface area contributed by atoms with Crippen LogP contribution in [0.15, 0.2) is 0 Å². The van der Waals surface area contributed by atoms with Gasteiger partial charge in [0, 0.05) is 12.8 Å². The van der Waals surface area contributed by atoms with Crippen molar-refractivity contribution in [2.75, 3.05) is 6.54 Å². The van der Waals surface area contributed by atoms with Gasteiger partial charge in [0.2, 0.25) is 0 Å². The van der Waals surface area contributed by atoms with E-state index in [1.165, 1.54) is 0 Å². The van der Waals surface area contributed by atoms with E-state index >= 15 is 0 Å². The van der Waals surface area contributed by atoms with Gasteiger partial charge >= 0.3 is 5.97 Å². The van der Waals surface area contributed by atoms with Crippen LogP contribution in [0.4, 0.5) is 0 Å². The van der Waals surface area contributed by atoms with Gasteiger partial charge in [-0.05, 0) is 32.2 Å². The van der Waals surface area contributed by atoms with E-state index in [4.69, 9.17) is 11.5 Å². The molecular weight excluding hydrogens is 260 g/mol. The van der Waals surface area contributed by atoms with Crippen molar-refractivity contribution < 1.29 is 19.5 Å². The fourth-order valence-corrected chi connectivity index (χ4v) is 2.28. The van der Waals surface area contributed by atoms with E-state index in [0.29, 0.717) is 25.8 Å². The van der Waals surface area contributed by atoms with Gasteiger partial charge in [-0.25, -0.2) is 4.79 Å². The Balaban J connectivity index is 5.45. The summed E-state index contributed by atoms with van der Waals surface area (Å²) in [6.45, 7) is 3.92. The van der Waals surface area contributed by atoms with Gasteiger partial charge in [0.1, 0.15) is 5.78 Å². The summed E-state index contributed by atoms with van der Waals surface area (Å²) in [5.74, 6) is -3.28. The number of carbonyl (C=O) groups is 3.